The normalized spacial score (nSPS) is 22.6. The van der Waals surface area contributed by atoms with Crippen LogP contribution < -0.4 is 4.74 Å². The molecule has 2 heterocycles. The Hall–Kier alpha value is -2.12. The maximum Gasteiger partial charge on any atom is 0.335 e. The molecule has 2 fully saturated rings. The number of aliphatic hydroxyl groups excluding tert-OH is 1. The van der Waals surface area contributed by atoms with Crippen LogP contribution in [0.4, 0.5) is 0 Å². The van der Waals surface area contributed by atoms with Crippen LogP contribution in [0, 0.1) is 0 Å². The summed E-state index contributed by atoms with van der Waals surface area (Å²) in [6, 6.07) is 4.30. The lowest BCUT2D eigenvalue weighted by molar-refractivity contribution is -0.174. The summed E-state index contributed by atoms with van der Waals surface area (Å²) < 4.78 is 11.0. The van der Waals surface area contributed by atoms with Crippen molar-refractivity contribution in [2.45, 2.75) is 37.4 Å². The van der Waals surface area contributed by atoms with Crippen LogP contribution in [-0.4, -0.2) is 65.5 Å². The van der Waals surface area contributed by atoms with E-state index in [2.05, 4.69) is 0 Å². The van der Waals surface area contributed by atoms with Crippen LogP contribution in [0.2, 0.25) is 0 Å². The number of carboxylic acids is 1. The van der Waals surface area contributed by atoms with Crippen molar-refractivity contribution in [2.75, 3.05) is 26.8 Å². The minimum absolute atomic E-state index is 0.0159. The lowest BCUT2D eigenvalue weighted by atomic mass is 9.82. The van der Waals surface area contributed by atoms with Crippen molar-refractivity contribution in [3.05, 3.63) is 29.3 Å². The molecule has 0 aromatic heterocycles. The van der Waals surface area contributed by atoms with Gasteiger partial charge in [-0.15, -0.1) is 0 Å². The van der Waals surface area contributed by atoms with Crippen LogP contribution in [0.1, 0.15) is 46.4 Å². The van der Waals surface area contributed by atoms with Gasteiger partial charge in [0, 0.05) is 25.3 Å². The Morgan fingerprint density at radius 3 is 2.52 bits per heavy atom. The number of methoxy groups -OCH3 is 1. The van der Waals surface area contributed by atoms with E-state index in [1.54, 1.807) is 11.0 Å². The number of aliphatic hydroxyl groups is 1. The Kier molecular flexibility index (Phi) is 4.96. The van der Waals surface area contributed by atoms with Crippen LogP contribution in [0.3, 0.4) is 0 Å². The van der Waals surface area contributed by atoms with Crippen molar-refractivity contribution in [3.8, 4) is 5.75 Å². The standard InChI is InChI=1S/C18H23NO6/c1-24-14-10-12(9-13(11-14)17(22)23)16(21)19-6-4-18(5-7-19)15(20)3-2-8-25-18/h9-11,15,20H,2-8H2,1H3,(H,22,23)/t15-/m1/s1. The predicted molar refractivity (Wildman–Crippen MR) is 89.0 cm³/mol. The zero-order valence-electron chi connectivity index (χ0n) is 14.2. The van der Waals surface area contributed by atoms with Gasteiger partial charge in [-0.1, -0.05) is 0 Å². The zero-order chi connectivity index (χ0) is 18.0. The molecule has 2 saturated heterocycles. The van der Waals surface area contributed by atoms with Crippen molar-refractivity contribution in [3.63, 3.8) is 0 Å². The summed E-state index contributed by atoms with van der Waals surface area (Å²) in [6.45, 7) is 1.58. The Balaban J connectivity index is 1.74. The number of rotatable bonds is 3. The molecule has 2 aliphatic heterocycles. The second-order valence-electron chi connectivity index (χ2n) is 6.62. The van der Waals surface area contributed by atoms with Crippen molar-refractivity contribution in [2.24, 2.45) is 0 Å². The molecule has 7 nitrogen and oxygen atoms in total. The highest BCUT2D eigenvalue weighted by atomic mass is 16.5. The van der Waals surface area contributed by atoms with E-state index in [4.69, 9.17) is 9.47 Å². The van der Waals surface area contributed by atoms with Gasteiger partial charge in [0.25, 0.3) is 5.91 Å². The summed E-state index contributed by atoms with van der Waals surface area (Å²) in [7, 11) is 1.43. The third-order valence-electron chi connectivity index (χ3n) is 5.15. The lowest BCUT2D eigenvalue weighted by Crippen LogP contribution is -2.56. The first-order valence-electron chi connectivity index (χ1n) is 8.49. The van der Waals surface area contributed by atoms with Crippen molar-refractivity contribution >= 4 is 11.9 Å². The third-order valence-corrected chi connectivity index (χ3v) is 5.15. The second-order valence-corrected chi connectivity index (χ2v) is 6.62. The molecule has 2 N–H and O–H groups in total. The van der Waals surface area contributed by atoms with E-state index in [1.165, 1.54) is 19.2 Å². The summed E-state index contributed by atoms with van der Waals surface area (Å²) in [6.07, 6.45) is 2.25. The highest BCUT2D eigenvalue weighted by molar-refractivity contribution is 5.98. The van der Waals surface area contributed by atoms with Gasteiger partial charge in [0.15, 0.2) is 0 Å². The maximum absolute atomic E-state index is 12.8. The summed E-state index contributed by atoms with van der Waals surface area (Å²) in [5.74, 6) is -1.01. The number of benzene rings is 1. The van der Waals surface area contributed by atoms with E-state index < -0.39 is 17.7 Å². The highest BCUT2D eigenvalue weighted by Crippen LogP contribution is 2.35. The molecular weight excluding hydrogens is 326 g/mol. The van der Waals surface area contributed by atoms with Gasteiger partial charge in [-0.05, 0) is 43.9 Å². The number of ether oxygens (including phenoxy) is 2. The summed E-state index contributed by atoms with van der Waals surface area (Å²) in [5, 5.41) is 19.5. The molecule has 3 rings (SSSR count). The number of nitrogens with zero attached hydrogens (tertiary/aromatic N) is 1. The van der Waals surface area contributed by atoms with E-state index in [0.717, 1.165) is 12.8 Å². The molecule has 0 radical (unpaired) electrons. The van der Waals surface area contributed by atoms with Gasteiger partial charge in [0.05, 0.1) is 24.4 Å². The fourth-order valence-corrected chi connectivity index (χ4v) is 3.62. The molecule has 1 atom stereocenters. The van der Waals surface area contributed by atoms with E-state index in [-0.39, 0.29) is 17.0 Å². The van der Waals surface area contributed by atoms with E-state index in [0.29, 0.717) is 38.3 Å². The zero-order valence-corrected chi connectivity index (χ0v) is 14.2. The van der Waals surface area contributed by atoms with Gasteiger partial charge < -0.3 is 24.6 Å². The molecule has 0 aliphatic carbocycles. The number of carbonyl (C=O) groups excluding carboxylic acids is 1. The summed E-state index contributed by atoms with van der Waals surface area (Å²) in [4.78, 5) is 25.7. The number of carboxylic acid groups (broad SMARTS) is 1. The molecule has 136 valence electrons. The molecule has 0 bridgehead atoms. The molecule has 1 aromatic rings. The first kappa shape index (κ1) is 17.7. The molecule has 1 aromatic carbocycles. The topological polar surface area (TPSA) is 96.3 Å². The number of piperidine rings is 1. The van der Waals surface area contributed by atoms with Crippen molar-refractivity contribution in [1.29, 1.82) is 0 Å². The van der Waals surface area contributed by atoms with Gasteiger partial charge in [-0.2, -0.15) is 0 Å². The molecule has 25 heavy (non-hydrogen) atoms. The van der Waals surface area contributed by atoms with Crippen LogP contribution >= 0.6 is 0 Å². The quantitative estimate of drug-likeness (QED) is 0.859. The van der Waals surface area contributed by atoms with Gasteiger partial charge in [-0.3, -0.25) is 4.79 Å². The van der Waals surface area contributed by atoms with E-state index in [1.807, 2.05) is 0 Å². The maximum atomic E-state index is 12.8. The lowest BCUT2D eigenvalue weighted by Gasteiger charge is -2.46. The van der Waals surface area contributed by atoms with Gasteiger partial charge in [-0.25, -0.2) is 4.79 Å². The third kappa shape index (κ3) is 3.48. The molecule has 0 unspecified atom stereocenters. The van der Waals surface area contributed by atoms with Crippen molar-refractivity contribution < 1.29 is 29.3 Å². The Morgan fingerprint density at radius 2 is 1.92 bits per heavy atom. The number of carbonyl (C=O) groups is 2. The highest BCUT2D eigenvalue weighted by Gasteiger charge is 2.44. The van der Waals surface area contributed by atoms with Gasteiger partial charge in [0.2, 0.25) is 0 Å². The minimum Gasteiger partial charge on any atom is -0.497 e. The Bertz CT molecular complexity index is 666. The van der Waals surface area contributed by atoms with Crippen molar-refractivity contribution in [1.82, 2.24) is 4.90 Å². The van der Waals surface area contributed by atoms with Gasteiger partial charge in [0.1, 0.15) is 5.75 Å². The minimum atomic E-state index is -1.11. The van der Waals surface area contributed by atoms with E-state index in [9.17, 15) is 19.8 Å². The first-order valence-corrected chi connectivity index (χ1v) is 8.49. The van der Waals surface area contributed by atoms with Crippen LogP contribution in [0.5, 0.6) is 5.75 Å². The first-order chi connectivity index (χ1) is 11.9. The summed E-state index contributed by atoms with van der Waals surface area (Å²) in [5.41, 5.74) is -0.240. The van der Waals surface area contributed by atoms with Crippen LogP contribution in [0.15, 0.2) is 18.2 Å². The average Bonchev–Trinajstić information content (AvgIpc) is 2.64. The Labute approximate surface area is 146 Å². The smallest absolute Gasteiger partial charge is 0.335 e. The largest absolute Gasteiger partial charge is 0.497 e. The number of likely N-dealkylation sites (tertiary alicyclic amines) is 1. The number of amides is 1. The Morgan fingerprint density at radius 1 is 1.24 bits per heavy atom. The molecule has 0 saturated carbocycles. The number of hydrogen-bond donors (Lipinski definition) is 2. The SMILES string of the molecule is COc1cc(C(=O)O)cc(C(=O)N2CCC3(CC2)OCCC[C@H]3O)c1. The predicted octanol–water partition coefficient (Wildman–Crippen LogP) is 1.54. The monoisotopic (exact) mass is 349 g/mol. The second kappa shape index (κ2) is 7.01. The fourth-order valence-electron chi connectivity index (χ4n) is 3.62. The molecule has 1 amide bonds. The van der Waals surface area contributed by atoms with Crippen LogP contribution in [0.25, 0.3) is 0 Å². The van der Waals surface area contributed by atoms with Gasteiger partial charge >= 0.3 is 5.97 Å². The average molecular weight is 349 g/mol. The van der Waals surface area contributed by atoms with Crippen LogP contribution in [-0.2, 0) is 4.74 Å². The molecule has 2 aliphatic rings. The number of hydrogen-bond acceptors (Lipinski definition) is 5. The fraction of sp³-hybridized carbons (Fsp3) is 0.556. The molecule has 1 spiro atoms. The number of aromatic carboxylic acids is 1. The molecule has 7 heteroatoms. The molecular formula is C18H23NO6. The summed E-state index contributed by atoms with van der Waals surface area (Å²) >= 11 is 0. The van der Waals surface area contributed by atoms with E-state index >= 15 is 0 Å².